The Morgan fingerprint density at radius 2 is 2.12 bits per heavy atom. The number of nitrogens with zero attached hydrogens (tertiary/aromatic N) is 1. The summed E-state index contributed by atoms with van der Waals surface area (Å²) in [5.41, 5.74) is 2.67. The Labute approximate surface area is 152 Å². The fraction of sp³-hybridized carbons (Fsp3) is 0.176. The zero-order valence-electron chi connectivity index (χ0n) is 12.9. The Hall–Kier alpha value is -1.76. The topological polar surface area (TPSA) is 51.1 Å². The van der Waals surface area contributed by atoms with E-state index in [1.165, 1.54) is 23.1 Å². The zero-order chi connectivity index (χ0) is 17.1. The highest BCUT2D eigenvalue weighted by atomic mass is 35.5. The maximum atomic E-state index is 12.1. The second kappa shape index (κ2) is 7.42. The van der Waals surface area contributed by atoms with Gasteiger partial charge in [-0.15, -0.1) is 11.8 Å². The molecule has 1 aromatic heterocycles. The minimum atomic E-state index is -0.0651. The lowest BCUT2D eigenvalue weighted by atomic mass is 10.2. The van der Waals surface area contributed by atoms with Crippen LogP contribution in [0, 0.1) is 0 Å². The van der Waals surface area contributed by atoms with Gasteiger partial charge in [-0.3, -0.25) is 9.59 Å². The molecule has 0 bridgehead atoms. The number of rotatable bonds is 5. The van der Waals surface area contributed by atoms with Crippen LogP contribution in [0.5, 0.6) is 0 Å². The molecule has 1 heterocycles. The molecule has 0 unspecified atom stereocenters. The van der Waals surface area contributed by atoms with Gasteiger partial charge >= 0.3 is 4.87 Å². The number of carbonyl (C=O) groups is 1. The van der Waals surface area contributed by atoms with Crippen molar-refractivity contribution in [3.63, 3.8) is 0 Å². The van der Waals surface area contributed by atoms with Crippen LogP contribution in [0.25, 0.3) is 10.2 Å². The number of carbonyl (C=O) groups excluding carboxylic acids is 1. The molecule has 0 saturated carbocycles. The largest absolute Gasteiger partial charge is 0.325 e. The SMILES string of the molecule is Cn1c(=O)sc2cc(NC(=O)CSCc3cccc(Cl)c3)ccc21. The molecule has 0 atom stereocenters. The van der Waals surface area contributed by atoms with Gasteiger partial charge in [-0.25, -0.2) is 0 Å². The monoisotopic (exact) mass is 378 g/mol. The maximum Gasteiger partial charge on any atom is 0.307 e. The summed E-state index contributed by atoms with van der Waals surface area (Å²) in [6.45, 7) is 0. The number of fused-ring (bicyclic) bond motifs is 1. The number of amides is 1. The Kier molecular flexibility index (Phi) is 5.28. The molecule has 3 rings (SSSR count). The van der Waals surface area contributed by atoms with Crippen LogP contribution in [0.1, 0.15) is 5.56 Å². The third-order valence-electron chi connectivity index (χ3n) is 3.47. The molecular formula is C17H15ClN2O2S2. The van der Waals surface area contributed by atoms with E-state index in [1.54, 1.807) is 11.6 Å². The second-order valence-corrected chi connectivity index (χ2v) is 7.70. The van der Waals surface area contributed by atoms with Crippen molar-refractivity contribution in [3.05, 3.63) is 62.7 Å². The zero-order valence-corrected chi connectivity index (χ0v) is 15.3. The Morgan fingerprint density at radius 3 is 2.92 bits per heavy atom. The smallest absolute Gasteiger partial charge is 0.307 e. The van der Waals surface area contributed by atoms with Crippen LogP contribution in [0.4, 0.5) is 5.69 Å². The number of thioether (sulfide) groups is 1. The summed E-state index contributed by atoms with van der Waals surface area (Å²) < 4.78 is 2.47. The van der Waals surface area contributed by atoms with E-state index in [2.05, 4.69) is 5.32 Å². The first-order valence-electron chi connectivity index (χ1n) is 7.24. The molecule has 0 saturated heterocycles. The molecule has 124 valence electrons. The number of thiazole rings is 1. The number of anilines is 1. The first-order valence-corrected chi connectivity index (χ1v) is 9.59. The van der Waals surface area contributed by atoms with Crippen molar-refractivity contribution < 1.29 is 4.79 Å². The van der Waals surface area contributed by atoms with Crippen molar-refractivity contribution in [1.29, 1.82) is 0 Å². The second-order valence-electron chi connectivity index (χ2n) is 5.28. The van der Waals surface area contributed by atoms with E-state index < -0.39 is 0 Å². The molecule has 0 spiro atoms. The molecule has 7 heteroatoms. The van der Waals surface area contributed by atoms with E-state index in [9.17, 15) is 9.59 Å². The standard InChI is InChI=1S/C17H15ClN2O2S2/c1-20-14-6-5-13(8-15(14)24-17(20)22)19-16(21)10-23-9-11-3-2-4-12(18)7-11/h2-8H,9-10H2,1H3,(H,19,21). The average Bonchev–Trinajstić information content (AvgIpc) is 2.81. The van der Waals surface area contributed by atoms with E-state index in [1.807, 2.05) is 42.5 Å². The highest BCUT2D eigenvalue weighted by molar-refractivity contribution is 7.99. The third-order valence-corrected chi connectivity index (χ3v) is 5.70. The molecule has 4 nitrogen and oxygen atoms in total. The van der Waals surface area contributed by atoms with Gasteiger partial charge in [0.2, 0.25) is 5.91 Å². The first kappa shape index (κ1) is 17.1. The molecule has 1 N–H and O–H groups in total. The minimum absolute atomic E-state index is 0.00875. The maximum absolute atomic E-state index is 12.1. The van der Waals surface area contributed by atoms with Crippen molar-refractivity contribution in [1.82, 2.24) is 4.57 Å². The molecule has 3 aromatic rings. The van der Waals surface area contributed by atoms with Gasteiger partial charge in [-0.1, -0.05) is 35.1 Å². The van der Waals surface area contributed by atoms with Crippen LogP contribution in [-0.2, 0) is 17.6 Å². The number of hydrogen-bond acceptors (Lipinski definition) is 4. The first-order chi connectivity index (χ1) is 11.5. The summed E-state index contributed by atoms with van der Waals surface area (Å²) in [5.74, 6) is 1.02. The van der Waals surface area contributed by atoms with Gasteiger partial charge in [-0.2, -0.15) is 0 Å². The number of benzene rings is 2. The van der Waals surface area contributed by atoms with E-state index >= 15 is 0 Å². The summed E-state index contributed by atoms with van der Waals surface area (Å²) in [7, 11) is 1.74. The summed E-state index contributed by atoms with van der Waals surface area (Å²) in [5, 5.41) is 3.57. The van der Waals surface area contributed by atoms with Gasteiger partial charge < -0.3 is 9.88 Å². The van der Waals surface area contributed by atoms with E-state index in [-0.39, 0.29) is 10.8 Å². The number of hydrogen-bond donors (Lipinski definition) is 1. The van der Waals surface area contributed by atoms with Crippen LogP contribution < -0.4 is 10.2 Å². The summed E-state index contributed by atoms with van der Waals surface area (Å²) in [6.07, 6.45) is 0. The number of nitrogens with one attached hydrogen (secondary N) is 1. The summed E-state index contributed by atoms with van der Waals surface area (Å²) in [6, 6.07) is 13.1. The van der Waals surface area contributed by atoms with Crippen LogP contribution in [-0.4, -0.2) is 16.2 Å². The molecule has 0 radical (unpaired) electrons. The molecular weight excluding hydrogens is 364 g/mol. The van der Waals surface area contributed by atoms with Crippen molar-refractivity contribution >= 4 is 56.5 Å². The van der Waals surface area contributed by atoms with Gasteiger partial charge in [0.1, 0.15) is 0 Å². The van der Waals surface area contributed by atoms with E-state index in [0.29, 0.717) is 16.5 Å². The van der Waals surface area contributed by atoms with Crippen LogP contribution in [0.15, 0.2) is 47.3 Å². The highest BCUT2D eigenvalue weighted by Crippen LogP contribution is 2.22. The lowest BCUT2D eigenvalue weighted by molar-refractivity contribution is -0.113. The summed E-state index contributed by atoms with van der Waals surface area (Å²) in [4.78, 5) is 23.7. The predicted molar refractivity (Wildman–Crippen MR) is 103 cm³/mol. The highest BCUT2D eigenvalue weighted by Gasteiger charge is 2.07. The normalized spacial score (nSPS) is 10.9. The van der Waals surface area contributed by atoms with E-state index in [0.717, 1.165) is 21.5 Å². The average molecular weight is 379 g/mol. The van der Waals surface area contributed by atoms with Crippen molar-refractivity contribution in [2.45, 2.75) is 5.75 Å². The number of halogens is 1. The molecule has 0 aliphatic heterocycles. The Morgan fingerprint density at radius 1 is 1.29 bits per heavy atom. The van der Waals surface area contributed by atoms with Gasteiger partial charge in [0.25, 0.3) is 0 Å². The van der Waals surface area contributed by atoms with Gasteiger partial charge in [0.05, 0.1) is 16.0 Å². The van der Waals surface area contributed by atoms with Crippen molar-refractivity contribution in [2.75, 3.05) is 11.1 Å². The Bertz CT molecular complexity index is 949. The minimum Gasteiger partial charge on any atom is -0.325 e. The third kappa shape index (κ3) is 4.01. The van der Waals surface area contributed by atoms with Gasteiger partial charge in [-0.05, 0) is 35.9 Å². The van der Waals surface area contributed by atoms with Crippen LogP contribution in [0.3, 0.4) is 0 Å². The fourth-order valence-electron chi connectivity index (χ4n) is 2.30. The quantitative estimate of drug-likeness (QED) is 0.726. The number of aromatic nitrogens is 1. The van der Waals surface area contributed by atoms with Crippen LogP contribution >= 0.6 is 34.7 Å². The fourth-order valence-corrected chi connectivity index (χ4v) is 4.20. The van der Waals surface area contributed by atoms with Crippen molar-refractivity contribution in [3.8, 4) is 0 Å². The van der Waals surface area contributed by atoms with E-state index in [4.69, 9.17) is 11.6 Å². The molecule has 0 fully saturated rings. The van der Waals surface area contributed by atoms with Gasteiger partial charge in [0.15, 0.2) is 0 Å². The molecule has 0 aliphatic carbocycles. The number of aryl methyl sites for hydroxylation is 1. The predicted octanol–water partition coefficient (Wildman–Crippen LogP) is 4.13. The molecule has 24 heavy (non-hydrogen) atoms. The van der Waals surface area contributed by atoms with Crippen molar-refractivity contribution in [2.24, 2.45) is 7.05 Å². The molecule has 1 amide bonds. The van der Waals surface area contributed by atoms with Gasteiger partial charge in [0, 0.05) is 23.5 Å². The lowest BCUT2D eigenvalue weighted by Gasteiger charge is -2.06. The molecule has 0 aliphatic rings. The Balaban J connectivity index is 1.57. The molecule has 2 aromatic carbocycles. The lowest BCUT2D eigenvalue weighted by Crippen LogP contribution is -2.14. The summed E-state index contributed by atoms with van der Waals surface area (Å²) >= 11 is 8.65. The van der Waals surface area contributed by atoms with Crippen LogP contribution in [0.2, 0.25) is 5.02 Å².